The van der Waals surface area contributed by atoms with Crippen molar-refractivity contribution in [1.82, 2.24) is 5.32 Å². The van der Waals surface area contributed by atoms with Crippen LogP contribution in [0.3, 0.4) is 0 Å². The van der Waals surface area contributed by atoms with Crippen LogP contribution in [-0.4, -0.2) is 40.3 Å². The summed E-state index contributed by atoms with van der Waals surface area (Å²) in [7, 11) is -2.14. The fraction of sp³-hybridized carbons (Fsp3) is 0.409. The van der Waals surface area contributed by atoms with Crippen LogP contribution in [-0.2, 0) is 21.2 Å². The summed E-state index contributed by atoms with van der Waals surface area (Å²) in [5, 5.41) is 2.89. The van der Waals surface area contributed by atoms with Crippen LogP contribution >= 0.6 is 0 Å². The van der Waals surface area contributed by atoms with Gasteiger partial charge in [0, 0.05) is 12.6 Å². The number of hydrogen-bond acceptors (Lipinski definition) is 4. The van der Waals surface area contributed by atoms with E-state index in [4.69, 9.17) is 4.74 Å². The molecule has 158 valence electrons. The highest BCUT2D eigenvalue weighted by molar-refractivity contribution is 7.92. The number of aryl methyl sites for hydroxylation is 2. The van der Waals surface area contributed by atoms with E-state index >= 15 is 0 Å². The monoisotopic (exact) mass is 418 g/mol. The summed E-state index contributed by atoms with van der Waals surface area (Å²) in [6.07, 6.45) is 3.10. The molecule has 0 saturated heterocycles. The molecule has 0 aliphatic heterocycles. The molecule has 0 fully saturated rings. The van der Waals surface area contributed by atoms with E-state index in [-0.39, 0.29) is 5.91 Å². The van der Waals surface area contributed by atoms with Gasteiger partial charge in [-0.05, 0) is 43.9 Å². The first kappa shape index (κ1) is 22.7. The number of nitrogens with zero attached hydrogens (tertiary/aromatic N) is 1. The van der Waals surface area contributed by atoms with Gasteiger partial charge < -0.3 is 10.1 Å². The van der Waals surface area contributed by atoms with Crippen LogP contribution in [0.25, 0.3) is 0 Å². The van der Waals surface area contributed by atoms with E-state index in [9.17, 15) is 13.2 Å². The number of rotatable bonds is 10. The SMILES string of the molecule is CCC(C(=O)NCCCc1cccc(C)c1)N(c1cccc(OC)c1)S(C)(=O)=O. The first-order valence-electron chi connectivity index (χ1n) is 9.73. The number of amides is 1. The summed E-state index contributed by atoms with van der Waals surface area (Å²) in [6, 6.07) is 14.2. The summed E-state index contributed by atoms with van der Waals surface area (Å²) in [6.45, 7) is 4.34. The first-order valence-corrected chi connectivity index (χ1v) is 11.6. The van der Waals surface area contributed by atoms with Crippen molar-refractivity contribution in [3.63, 3.8) is 0 Å². The van der Waals surface area contributed by atoms with Crippen molar-refractivity contribution in [2.75, 3.05) is 24.2 Å². The molecule has 0 heterocycles. The lowest BCUT2D eigenvalue weighted by atomic mass is 10.1. The highest BCUT2D eigenvalue weighted by Gasteiger charge is 2.31. The molecule has 1 atom stereocenters. The lowest BCUT2D eigenvalue weighted by Gasteiger charge is -2.30. The third-order valence-electron chi connectivity index (χ3n) is 4.66. The van der Waals surface area contributed by atoms with E-state index in [1.54, 1.807) is 31.2 Å². The van der Waals surface area contributed by atoms with Gasteiger partial charge in [-0.25, -0.2) is 8.42 Å². The third kappa shape index (κ3) is 6.49. The van der Waals surface area contributed by atoms with Gasteiger partial charge in [-0.2, -0.15) is 0 Å². The zero-order valence-corrected chi connectivity index (χ0v) is 18.3. The van der Waals surface area contributed by atoms with Crippen LogP contribution in [0, 0.1) is 6.92 Å². The Labute approximate surface area is 173 Å². The molecule has 0 aromatic heterocycles. The molecular weight excluding hydrogens is 388 g/mol. The summed E-state index contributed by atoms with van der Waals surface area (Å²) in [5.41, 5.74) is 2.84. The molecule has 0 saturated carbocycles. The number of carbonyl (C=O) groups excluding carboxylic acids is 1. The third-order valence-corrected chi connectivity index (χ3v) is 5.84. The minimum Gasteiger partial charge on any atom is -0.497 e. The Morgan fingerprint density at radius 3 is 2.52 bits per heavy atom. The summed E-state index contributed by atoms with van der Waals surface area (Å²) < 4.78 is 31.3. The minimum absolute atomic E-state index is 0.301. The zero-order valence-electron chi connectivity index (χ0n) is 17.5. The van der Waals surface area contributed by atoms with Gasteiger partial charge in [0.2, 0.25) is 15.9 Å². The normalized spacial score (nSPS) is 12.3. The molecule has 1 amide bonds. The fourth-order valence-corrected chi connectivity index (χ4v) is 4.50. The molecule has 6 nitrogen and oxygen atoms in total. The summed E-state index contributed by atoms with van der Waals surface area (Å²) in [5.74, 6) is 0.231. The molecule has 2 rings (SSSR count). The topological polar surface area (TPSA) is 75.7 Å². The molecule has 7 heteroatoms. The second kappa shape index (κ2) is 10.3. The van der Waals surface area contributed by atoms with E-state index in [2.05, 4.69) is 30.4 Å². The second-order valence-electron chi connectivity index (χ2n) is 7.07. The maximum Gasteiger partial charge on any atom is 0.243 e. The van der Waals surface area contributed by atoms with Crippen molar-refractivity contribution in [3.8, 4) is 5.75 Å². The maximum atomic E-state index is 12.8. The van der Waals surface area contributed by atoms with Crippen LogP contribution in [0.4, 0.5) is 5.69 Å². The Kier molecular flexibility index (Phi) is 8.08. The van der Waals surface area contributed by atoms with Gasteiger partial charge >= 0.3 is 0 Å². The van der Waals surface area contributed by atoms with Crippen molar-refractivity contribution in [2.45, 2.75) is 39.2 Å². The molecule has 0 bridgehead atoms. The number of methoxy groups -OCH3 is 1. The Morgan fingerprint density at radius 2 is 1.90 bits per heavy atom. The maximum absolute atomic E-state index is 12.8. The van der Waals surface area contributed by atoms with E-state index in [1.165, 1.54) is 22.5 Å². The lowest BCUT2D eigenvalue weighted by Crippen LogP contribution is -2.49. The lowest BCUT2D eigenvalue weighted by molar-refractivity contribution is -0.122. The number of sulfonamides is 1. The molecular formula is C22H30N2O4S. The molecule has 0 aliphatic rings. The number of ether oxygens (including phenoxy) is 1. The number of nitrogens with one attached hydrogen (secondary N) is 1. The summed E-state index contributed by atoms with van der Waals surface area (Å²) >= 11 is 0. The smallest absolute Gasteiger partial charge is 0.243 e. The second-order valence-corrected chi connectivity index (χ2v) is 8.93. The molecule has 2 aromatic carbocycles. The largest absolute Gasteiger partial charge is 0.497 e. The van der Waals surface area contributed by atoms with Crippen LogP contribution in [0.2, 0.25) is 0 Å². The van der Waals surface area contributed by atoms with Crippen LogP contribution in [0.1, 0.15) is 30.9 Å². The Morgan fingerprint density at radius 1 is 1.17 bits per heavy atom. The van der Waals surface area contributed by atoms with Gasteiger partial charge in [0.05, 0.1) is 19.1 Å². The minimum atomic E-state index is -3.66. The van der Waals surface area contributed by atoms with Gasteiger partial charge in [0.1, 0.15) is 11.8 Å². The summed E-state index contributed by atoms with van der Waals surface area (Å²) in [4.78, 5) is 12.8. The van der Waals surface area contributed by atoms with Gasteiger partial charge in [-0.3, -0.25) is 9.10 Å². The standard InChI is InChI=1S/C22H30N2O4S/c1-5-21(22(25)23-14-8-11-18-10-6-9-17(2)15-18)24(29(4,26)27)19-12-7-13-20(16-19)28-3/h6-7,9-10,12-13,15-16,21H,5,8,11,14H2,1-4H3,(H,23,25). The Hall–Kier alpha value is -2.54. The quantitative estimate of drug-likeness (QED) is 0.601. The van der Waals surface area contributed by atoms with Gasteiger partial charge in [0.15, 0.2) is 0 Å². The average molecular weight is 419 g/mol. The molecule has 1 unspecified atom stereocenters. The first-order chi connectivity index (χ1) is 13.8. The van der Waals surface area contributed by atoms with E-state index < -0.39 is 16.1 Å². The molecule has 2 aromatic rings. The number of carbonyl (C=O) groups is 1. The van der Waals surface area contributed by atoms with E-state index in [1.807, 2.05) is 6.07 Å². The van der Waals surface area contributed by atoms with Gasteiger partial charge in [-0.1, -0.05) is 42.8 Å². The molecule has 1 N–H and O–H groups in total. The average Bonchev–Trinajstić information content (AvgIpc) is 2.68. The highest BCUT2D eigenvalue weighted by Crippen LogP contribution is 2.26. The molecule has 29 heavy (non-hydrogen) atoms. The van der Waals surface area contributed by atoms with Crippen LogP contribution < -0.4 is 14.4 Å². The van der Waals surface area contributed by atoms with Crippen LogP contribution in [0.15, 0.2) is 48.5 Å². The number of hydrogen-bond donors (Lipinski definition) is 1. The predicted octanol–water partition coefficient (Wildman–Crippen LogP) is 3.30. The van der Waals surface area contributed by atoms with Crippen molar-refractivity contribution in [2.24, 2.45) is 0 Å². The van der Waals surface area contributed by atoms with Crippen LogP contribution in [0.5, 0.6) is 5.75 Å². The number of benzene rings is 2. The van der Waals surface area contributed by atoms with E-state index in [0.29, 0.717) is 24.4 Å². The van der Waals surface area contributed by atoms with E-state index in [0.717, 1.165) is 19.1 Å². The predicted molar refractivity (Wildman–Crippen MR) is 117 cm³/mol. The van der Waals surface area contributed by atoms with Crippen molar-refractivity contribution in [1.29, 1.82) is 0 Å². The Bertz CT molecular complexity index is 928. The van der Waals surface area contributed by atoms with Crippen molar-refractivity contribution in [3.05, 3.63) is 59.7 Å². The molecule has 0 aliphatic carbocycles. The Balaban J connectivity index is 2.07. The molecule has 0 radical (unpaired) electrons. The number of anilines is 1. The molecule has 0 spiro atoms. The highest BCUT2D eigenvalue weighted by atomic mass is 32.2. The van der Waals surface area contributed by atoms with Crippen molar-refractivity contribution >= 4 is 21.6 Å². The van der Waals surface area contributed by atoms with Crippen molar-refractivity contribution < 1.29 is 17.9 Å². The zero-order chi connectivity index (χ0) is 21.4. The fourth-order valence-electron chi connectivity index (χ4n) is 3.30. The van der Waals surface area contributed by atoms with Gasteiger partial charge in [0.25, 0.3) is 0 Å². The van der Waals surface area contributed by atoms with Gasteiger partial charge in [-0.15, -0.1) is 0 Å².